The molecule has 2 aromatic rings. The number of hydrogen-bond acceptors (Lipinski definition) is 4. The van der Waals surface area contributed by atoms with Gasteiger partial charge in [-0.15, -0.1) is 0 Å². The average molecular weight is 397 g/mol. The highest BCUT2D eigenvalue weighted by Gasteiger charge is 2.31. The molecule has 0 unspecified atom stereocenters. The second-order valence-corrected chi connectivity index (χ2v) is 7.92. The van der Waals surface area contributed by atoms with Gasteiger partial charge in [0.25, 0.3) is 0 Å². The molecule has 140 valence electrons. The van der Waals surface area contributed by atoms with Crippen LogP contribution in [0.2, 0.25) is 5.02 Å². The van der Waals surface area contributed by atoms with Crippen LogP contribution < -0.4 is 14.4 Å². The lowest BCUT2D eigenvalue weighted by molar-refractivity contribution is -0.117. The summed E-state index contributed by atoms with van der Waals surface area (Å²) in [6.45, 7) is 1.76. The third kappa shape index (κ3) is 4.68. The van der Waals surface area contributed by atoms with E-state index in [1.165, 1.54) is 7.11 Å². The van der Waals surface area contributed by atoms with Gasteiger partial charge in [-0.05, 0) is 36.8 Å². The zero-order valence-corrected chi connectivity index (χ0v) is 16.3. The van der Waals surface area contributed by atoms with E-state index in [9.17, 15) is 13.2 Å². The summed E-state index contributed by atoms with van der Waals surface area (Å²) in [7, 11) is -2.16. The first kappa shape index (κ1) is 20.1. The number of carbonyl (C=O) groups excluding carboxylic acids is 1. The predicted molar refractivity (Wildman–Crippen MR) is 104 cm³/mol. The summed E-state index contributed by atoms with van der Waals surface area (Å²) in [5.41, 5.74) is 0.894. The molecule has 1 N–H and O–H groups in total. The number of amides is 1. The molecule has 0 bridgehead atoms. The number of ether oxygens (including phenoxy) is 1. The van der Waals surface area contributed by atoms with Crippen LogP contribution in [0.3, 0.4) is 0 Å². The molecule has 0 aliphatic heterocycles. The molecule has 0 radical (unpaired) electrons. The van der Waals surface area contributed by atoms with Crippen molar-refractivity contribution >= 4 is 38.9 Å². The van der Waals surface area contributed by atoms with E-state index in [0.29, 0.717) is 28.6 Å². The van der Waals surface area contributed by atoms with Crippen molar-refractivity contribution in [2.24, 2.45) is 0 Å². The fourth-order valence-corrected chi connectivity index (χ4v) is 4.07. The van der Waals surface area contributed by atoms with E-state index in [0.717, 1.165) is 10.6 Å². The maximum absolute atomic E-state index is 12.8. The number of halogens is 1. The van der Waals surface area contributed by atoms with Gasteiger partial charge in [0.05, 0.1) is 24.1 Å². The Bertz CT molecular complexity index is 872. The minimum atomic E-state index is -3.66. The zero-order chi connectivity index (χ0) is 19.3. The van der Waals surface area contributed by atoms with Gasteiger partial charge in [0.1, 0.15) is 11.8 Å². The monoisotopic (exact) mass is 396 g/mol. The largest absolute Gasteiger partial charge is 0.495 e. The number of sulfonamides is 1. The fraction of sp³-hybridized carbons (Fsp3) is 0.278. The highest BCUT2D eigenvalue weighted by Crippen LogP contribution is 2.28. The molecular formula is C18H21ClN2O4S. The lowest BCUT2D eigenvalue weighted by atomic mass is 10.2. The molecule has 0 aliphatic rings. The fourth-order valence-electron chi connectivity index (χ4n) is 2.60. The summed E-state index contributed by atoms with van der Waals surface area (Å²) >= 11 is 6.07. The van der Waals surface area contributed by atoms with Crippen molar-refractivity contribution in [3.63, 3.8) is 0 Å². The van der Waals surface area contributed by atoms with Crippen LogP contribution in [0.5, 0.6) is 5.75 Å². The Labute approximate surface area is 158 Å². The lowest BCUT2D eigenvalue weighted by Gasteiger charge is -2.30. The standard InChI is InChI=1S/C18H21ClN2O4S/c1-4-16(21(26(3,23)24)14-8-6-5-7-9-14)18(22)20-13-10-11-17(25-2)15(19)12-13/h5-12,16H,4H2,1-3H3,(H,20,22)/t16-/m0/s1. The highest BCUT2D eigenvalue weighted by molar-refractivity contribution is 7.92. The maximum Gasteiger partial charge on any atom is 0.248 e. The van der Waals surface area contributed by atoms with E-state index < -0.39 is 22.0 Å². The second-order valence-electron chi connectivity index (χ2n) is 5.66. The van der Waals surface area contributed by atoms with Crippen LogP contribution in [0.4, 0.5) is 11.4 Å². The van der Waals surface area contributed by atoms with Gasteiger partial charge in [-0.1, -0.05) is 36.7 Å². The number of benzene rings is 2. The SMILES string of the molecule is CC[C@@H](C(=O)Nc1ccc(OC)c(Cl)c1)N(c1ccccc1)S(C)(=O)=O. The Morgan fingerprint density at radius 1 is 1.23 bits per heavy atom. The molecule has 1 atom stereocenters. The number of nitrogens with one attached hydrogen (secondary N) is 1. The Hall–Kier alpha value is -2.25. The van der Waals surface area contributed by atoms with Crippen molar-refractivity contribution in [2.75, 3.05) is 23.0 Å². The molecule has 0 spiro atoms. The Kier molecular flexibility index (Phi) is 6.50. The molecular weight excluding hydrogens is 376 g/mol. The minimum Gasteiger partial charge on any atom is -0.495 e. The normalized spacial score (nSPS) is 12.3. The molecule has 2 aromatic carbocycles. The Balaban J connectivity index is 2.32. The molecule has 2 rings (SSSR count). The number of anilines is 2. The average Bonchev–Trinajstić information content (AvgIpc) is 2.59. The first-order chi connectivity index (χ1) is 12.3. The number of rotatable bonds is 7. The van der Waals surface area contributed by atoms with E-state index in [4.69, 9.17) is 16.3 Å². The highest BCUT2D eigenvalue weighted by atomic mass is 35.5. The molecule has 0 aromatic heterocycles. The maximum atomic E-state index is 12.8. The smallest absolute Gasteiger partial charge is 0.248 e. The second kappa shape index (κ2) is 8.42. The van der Waals surface area contributed by atoms with Crippen LogP contribution in [0.25, 0.3) is 0 Å². The lowest BCUT2D eigenvalue weighted by Crippen LogP contribution is -2.46. The van der Waals surface area contributed by atoms with E-state index in [1.54, 1.807) is 55.5 Å². The van der Waals surface area contributed by atoms with Crippen LogP contribution in [0, 0.1) is 0 Å². The summed E-state index contributed by atoms with van der Waals surface area (Å²) in [5.74, 6) is 0.0433. The van der Waals surface area contributed by atoms with E-state index in [-0.39, 0.29) is 0 Å². The summed E-state index contributed by atoms with van der Waals surface area (Å²) in [5, 5.41) is 3.07. The zero-order valence-electron chi connectivity index (χ0n) is 14.8. The van der Waals surface area contributed by atoms with Gasteiger partial charge in [-0.25, -0.2) is 8.42 Å². The summed E-state index contributed by atoms with van der Waals surface area (Å²) < 4.78 is 30.9. The van der Waals surface area contributed by atoms with Crippen molar-refractivity contribution in [1.29, 1.82) is 0 Å². The van der Waals surface area contributed by atoms with Crippen molar-refractivity contribution in [2.45, 2.75) is 19.4 Å². The molecule has 8 heteroatoms. The molecule has 26 heavy (non-hydrogen) atoms. The van der Waals surface area contributed by atoms with Crippen molar-refractivity contribution < 1.29 is 17.9 Å². The third-order valence-electron chi connectivity index (χ3n) is 3.76. The molecule has 0 fully saturated rings. The molecule has 0 heterocycles. The van der Waals surface area contributed by atoms with Crippen LogP contribution in [-0.2, 0) is 14.8 Å². The van der Waals surface area contributed by atoms with Crippen molar-refractivity contribution in [3.05, 3.63) is 53.6 Å². The quantitative estimate of drug-likeness (QED) is 0.776. The molecule has 0 saturated carbocycles. The van der Waals surface area contributed by atoms with Crippen LogP contribution in [-0.4, -0.2) is 33.7 Å². The number of para-hydroxylation sites is 1. The van der Waals surface area contributed by atoms with Gasteiger partial charge in [0, 0.05) is 5.69 Å². The number of methoxy groups -OCH3 is 1. The molecule has 6 nitrogen and oxygen atoms in total. The van der Waals surface area contributed by atoms with E-state index >= 15 is 0 Å². The Morgan fingerprint density at radius 3 is 2.38 bits per heavy atom. The first-order valence-corrected chi connectivity index (χ1v) is 10.2. The van der Waals surface area contributed by atoms with E-state index in [1.807, 2.05) is 0 Å². The number of carbonyl (C=O) groups is 1. The van der Waals surface area contributed by atoms with Gasteiger partial charge < -0.3 is 10.1 Å². The predicted octanol–water partition coefficient (Wildman–Crippen LogP) is 3.53. The summed E-state index contributed by atoms with van der Waals surface area (Å²) in [6.07, 6.45) is 1.39. The van der Waals surface area contributed by atoms with Gasteiger partial charge in [-0.3, -0.25) is 9.10 Å². The Morgan fingerprint density at radius 2 is 1.88 bits per heavy atom. The topological polar surface area (TPSA) is 75.7 Å². The van der Waals surface area contributed by atoms with Crippen LogP contribution in [0.15, 0.2) is 48.5 Å². The van der Waals surface area contributed by atoms with E-state index in [2.05, 4.69) is 5.32 Å². The number of nitrogens with zero attached hydrogens (tertiary/aromatic N) is 1. The molecule has 1 amide bonds. The third-order valence-corrected chi connectivity index (χ3v) is 5.23. The molecule has 0 saturated heterocycles. The van der Waals surface area contributed by atoms with Crippen LogP contribution in [0.1, 0.15) is 13.3 Å². The molecule has 0 aliphatic carbocycles. The first-order valence-electron chi connectivity index (χ1n) is 7.96. The van der Waals surface area contributed by atoms with Gasteiger partial charge >= 0.3 is 0 Å². The minimum absolute atomic E-state index is 0.303. The van der Waals surface area contributed by atoms with Gasteiger partial charge in [-0.2, -0.15) is 0 Å². The van der Waals surface area contributed by atoms with Crippen molar-refractivity contribution in [1.82, 2.24) is 0 Å². The number of hydrogen-bond donors (Lipinski definition) is 1. The summed E-state index contributed by atoms with van der Waals surface area (Å²) in [6, 6.07) is 12.5. The van der Waals surface area contributed by atoms with Gasteiger partial charge in [0.15, 0.2) is 0 Å². The van der Waals surface area contributed by atoms with Crippen molar-refractivity contribution in [3.8, 4) is 5.75 Å². The summed E-state index contributed by atoms with van der Waals surface area (Å²) in [4.78, 5) is 12.8. The van der Waals surface area contributed by atoms with Gasteiger partial charge in [0.2, 0.25) is 15.9 Å². The van der Waals surface area contributed by atoms with Crippen LogP contribution >= 0.6 is 11.6 Å².